The molecule has 0 aliphatic carbocycles. The van der Waals surface area contributed by atoms with Gasteiger partial charge in [-0.1, -0.05) is 31.8 Å². The van der Waals surface area contributed by atoms with Crippen LogP contribution in [0.5, 0.6) is 0 Å². The quantitative estimate of drug-likeness (QED) is 0.277. The van der Waals surface area contributed by atoms with Crippen molar-refractivity contribution in [2.45, 2.75) is 51.4 Å². The van der Waals surface area contributed by atoms with E-state index in [9.17, 15) is 0 Å². The smallest absolute Gasteiger partial charge is 0.0126 e. The van der Waals surface area contributed by atoms with Crippen LogP contribution in [0.3, 0.4) is 0 Å². The molecule has 0 aromatic carbocycles. The Labute approximate surface area is 83.0 Å². The normalized spacial score (nSPS) is 9.23. The zero-order chi connectivity index (χ0) is 9.78. The van der Waals surface area contributed by atoms with E-state index >= 15 is 0 Å². The molecule has 0 saturated heterocycles. The maximum absolute atomic E-state index is 5.11. The van der Waals surface area contributed by atoms with E-state index in [1.54, 1.807) is 0 Å². The van der Waals surface area contributed by atoms with Gasteiger partial charge in [0.15, 0.2) is 0 Å². The summed E-state index contributed by atoms with van der Waals surface area (Å²) in [4.78, 5) is 0. The first-order chi connectivity index (χ1) is 6.41. The average molecular weight is 177 g/mol. The van der Waals surface area contributed by atoms with Gasteiger partial charge in [0.05, 0.1) is 0 Å². The molecule has 0 N–H and O–H groups in total. The number of hydrogen-bond donors (Lipinski definition) is 0. The molecule has 0 aromatic heterocycles. The van der Waals surface area contributed by atoms with Crippen molar-refractivity contribution in [1.82, 2.24) is 0 Å². The Kier molecular flexibility index (Phi) is 10.6. The van der Waals surface area contributed by atoms with E-state index in [0.717, 1.165) is 6.42 Å². The van der Waals surface area contributed by atoms with Gasteiger partial charge in [0.1, 0.15) is 0 Å². The molecule has 0 aliphatic rings. The molecule has 0 heteroatoms. The molecule has 0 spiro atoms. The molecule has 0 saturated carbocycles. The highest BCUT2D eigenvalue weighted by Crippen LogP contribution is 2.08. The van der Waals surface area contributed by atoms with Crippen molar-refractivity contribution in [1.29, 1.82) is 0 Å². The zero-order valence-electron chi connectivity index (χ0n) is 8.60. The van der Waals surface area contributed by atoms with E-state index in [-0.39, 0.29) is 0 Å². The van der Waals surface area contributed by atoms with E-state index in [4.69, 9.17) is 6.58 Å². The van der Waals surface area contributed by atoms with E-state index in [0.29, 0.717) is 0 Å². The van der Waals surface area contributed by atoms with Gasteiger partial charge < -0.3 is 0 Å². The third-order valence-electron chi connectivity index (χ3n) is 2.12. The summed E-state index contributed by atoms with van der Waals surface area (Å²) in [7, 11) is 0. The number of allylic oxidation sites excluding steroid dienone is 2. The second kappa shape index (κ2) is 11.3. The molecule has 0 atom stereocenters. The summed E-state index contributed by atoms with van der Waals surface area (Å²) in [5.41, 5.74) is 2.55. The van der Waals surface area contributed by atoms with Crippen LogP contribution in [0, 0.1) is 6.58 Å². The van der Waals surface area contributed by atoms with Crippen molar-refractivity contribution in [3.63, 3.8) is 0 Å². The Morgan fingerprint density at radius 2 is 1.46 bits per heavy atom. The lowest BCUT2D eigenvalue weighted by atomic mass is 10.1. The van der Waals surface area contributed by atoms with Gasteiger partial charge in [0.2, 0.25) is 0 Å². The number of hydrogen-bond acceptors (Lipinski definition) is 0. The third-order valence-corrected chi connectivity index (χ3v) is 2.12. The van der Waals surface area contributed by atoms with Crippen LogP contribution >= 0.6 is 0 Å². The summed E-state index contributed by atoms with van der Waals surface area (Å²) >= 11 is 0. The van der Waals surface area contributed by atoms with Crippen LogP contribution in [-0.2, 0) is 0 Å². The molecular weight excluding hydrogens is 156 g/mol. The van der Waals surface area contributed by atoms with Crippen molar-refractivity contribution in [2.24, 2.45) is 0 Å². The molecule has 0 bridgehead atoms. The van der Waals surface area contributed by atoms with Crippen LogP contribution in [0.4, 0.5) is 0 Å². The average Bonchev–Trinajstić information content (AvgIpc) is 2.16. The number of rotatable bonds is 9. The van der Waals surface area contributed by atoms with Gasteiger partial charge in [-0.15, -0.1) is 12.3 Å². The topological polar surface area (TPSA) is 0 Å². The maximum Gasteiger partial charge on any atom is -0.0126 e. The lowest BCUT2D eigenvalue weighted by Gasteiger charge is -1.98. The molecule has 0 aliphatic heterocycles. The molecule has 0 nitrogen and oxygen atoms in total. The minimum absolute atomic E-state index is 1.09. The first-order valence-electron chi connectivity index (χ1n) is 5.30. The monoisotopic (exact) mass is 177 g/mol. The van der Waals surface area contributed by atoms with Gasteiger partial charge in [-0.3, -0.25) is 0 Å². The molecule has 13 heavy (non-hydrogen) atoms. The minimum atomic E-state index is 1.09. The van der Waals surface area contributed by atoms with Crippen LogP contribution in [0.2, 0.25) is 0 Å². The van der Waals surface area contributed by atoms with Crippen LogP contribution in [0.15, 0.2) is 24.5 Å². The molecule has 1 radical (unpaired) electrons. The summed E-state index contributed by atoms with van der Waals surface area (Å²) < 4.78 is 0. The van der Waals surface area contributed by atoms with Gasteiger partial charge in [-0.2, -0.15) is 0 Å². The highest BCUT2D eigenvalue weighted by Gasteiger charge is 1.89. The van der Waals surface area contributed by atoms with Gasteiger partial charge in [0, 0.05) is 0 Å². The Morgan fingerprint density at radius 3 is 2.00 bits per heavy atom. The van der Waals surface area contributed by atoms with Gasteiger partial charge in [-0.25, -0.2) is 0 Å². The summed E-state index contributed by atoms with van der Waals surface area (Å²) in [6.07, 6.45) is 14.1. The van der Waals surface area contributed by atoms with Crippen molar-refractivity contribution < 1.29 is 0 Å². The molecule has 0 amide bonds. The van der Waals surface area contributed by atoms with Crippen LogP contribution in [0.25, 0.3) is 0 Å². The maximum atomic E-state index is 5.11. The summed E-state index contributed by atoms with van der Waals surface area (Å²) in [5, 5.41) is 0. The Balaban J connectivity index is 2.90. The van der Waals surface area contributed by atoms with Crippen molar-refractivity contribution in [3.8, 4) is 0 Å². The highest BCUT2D eigenvalue weighted by atomic mass is 13.9. The highest BCUT2D eigenvalue weighted by molar-refractivity contribution is 4.72. The standard InChI is InChI=1S/C13H21/c1-3-5-7-9-11-13-12-10-8-6-4-2/h1,4-5H,2,6-13H2. The molecule has 0 rings (SSSR count). The first kappa shape index (κ1) is 12.3. The van der Waals surface area contributed by atoms with Crippen LogP contribution < -0.4 is 0 Å². The van der Waals surface area contributed by atoms with E-state index < -0.39 is 0 Å². The molecule has 0 heterocycles. The van der Waals surface area contributed by atoms with Gasteiger partial charge >= 0.3 is 0 Å². The fourth-order valence-electron chi connectivity index (χ4n) is 1.33. The third kappa shape index (κ3) is 11.3. The van der Waals surface area contributed by atoms with Crippen molar-refractivity contribution in [2.75, 3.05) is 0 Å². The second-order valence-electron chi connectivity index (χ2n) is 3.36. The predicted octanol–water partition coefficient (Wildman–Crippen LogP) is 4.44. The lowest BCUT2D eigenvalue weighted by Crippen LogP contribution is -1.78. The Hall–Kier alpha value is -0.740. The summed E-state index contributed by atoms with van der Waals surface area (Å²) in [6, 6.07) is 0. The Morgan fingerprint density at radius 1 is 0.923 bits per heavy atom. The summed E-state index contributed by atoms with van der Waals surface area (Å²) in [5.74, 6) is 0. The van der Waals surface area contributed by atoms with Gasteiger partial charge in [-0.05, 0) is 38.3 Å². The van der Waals surface area contributed by atoms with Crippen molar-refractivity contribution in [3.05, 3.63) is 31.0 Å². The van der Waals surface area contributed by atoms with Gasteiger partial charge in [0.25, 0.3) is 0 Å². The lowest BCUT2D eigenvalue weighted by molar-refractivity contribution is 0.600. The molecule has 0 aromatic rings. The predicted molar refractivity (Wildman–Crippen MR) is 59.5 cm³/mol. The number of unbranched alkanes of at least 4 members (excludes halogenated alkanes) is 7. The SMILES string of the molecule is [CH]=C=CCCCCCCCCC=C. The van der Waals surface area contributed by atoms with E-state index in [1.165, 1.54) is 44.9 Å². The van der Waals surface area contributed by atoms with E-state index in [1.807, 2.05) is 12.2 Å². The van der Waals surface area contributed by atoms with Crippen LogP contribution in [-0.4, -0.2) is 0 Å². The second-order valence-corrected chi connectivity index (χ2v) is 3.36. The fraction of sp³-hybridized carbons (Fsp3) is 0.615. The zero-order valence-corrected chi connectivity index (χ0v) is 8.60. The fourth-order valence-corrected chi connectivity index (χ4v) is 1.33. The van der Waals surface area contributed by atoms with Crippen LogP contribution in [0.1, 0.15) is 51.4 Å². The van der Waals surface area contributed by atoms with E-state index in [2.05, 4.69) is 12.3 Å². The largest absolute Gasteiger partial charge is 0.125 e. The molecular formula is C13H21. The van der Waals surface area contributed by atoms with Crippen molar-refractivity contribution >= 4 is 0 Å². The first-order valence-corrected chi connectivity index (χ1v) is 5.30. The molecule has 0 fully saturated rings. The molecule has 0 unspecified atom stereocenters. The minimum Gasteiger partial charge on any atom is -0.125 e. The molecule has 73 valence electrons. The Bertz CT molecular complexity index is 149. The summed E-state index contributed by atoms with van der Waals surface area (Å²) in [6.45, 7) is 8.81.